The predicted molar refractivity (Wildman–Crippen MR) is 159 cm³/mol. The Morgan fingerprint density at radius 1 is 0.643 bits per heavy atom. The molecule has 244 valence electrons. The first kappa shape index (κ1) is 39.8. The zero-order valence-corrected chi connectivity index (χ0v) is 27.3. The maximum absolute atomic E-state index is 13.4. The summed E-state index contributed by atoms with van der Waals surface area (Å²) in [5, 5.41) is -0.575. The molecule has 0 aliphatic carbocycles. The van der Waals surface area contributed by atoms with Crippen molar-refractivity contribution in [1.29, 1.82) is 0 Å². The molecule has 42 heavy (non-hydrogen) atoms. The molecule has 0 amide bonds. The van der Waals surface area contributed by atoms with E-state index in [1.54, 1.807) is 13.8 Å². The fourth-order valence-corrected chi connectivity index (χ4v) is 5.14. The number of thioether (sulfide) groups is 1. The first-order chi connectivity index (χ1) is 19.9. The van der Waals surface area contributed by atoms with Crippen LogP contribution in [0, 0.1) is 0 Å². The van der Waals surface area contributed by atoms with Gasteiger partial charge in [0, 0.05) is 40.1 Å². The second-order valence-corrected chi connectivity index (χ2v) is 11.1. The molecule has 0 rings (SSSR count). The molecule has 0 aromatic heterocycles. The van der Waals surface area contributed by atoms with Crippen molar-refractivity contribution in [3.63, 3.8) is 0 Å². The molecule has 0 aromatic rings. The van der Waals surface area contributed by atoms with E-state index in [1.807, 2.05) is 0 Å². The lowest BCUT2D eigenvalue weighted by Gasteiger charge is -2.35. The maximum Gasteiger partial charge on any atom is 0.303 e. The Morgan fingerprint density at radius 2 is 1.14 bits per heavy atom. The number of carbonyl (C=O) groups is 5. The van der Waals surface area contributed by atoms with Crippen LogP contribution in [0.25, 0.3) is 0 Å². The third kappa shape index (κ3) is 19.9. The van der Waals surface area contributed by atoms with Crippen LogP contribution in [0.3, 0.4) is 0 Å². The van der Waals surface area contributed by atoms with Gasteiger partial charge < -0.3 is 28.4 Å². The Balaban J connectivity index is 5.69. The summed E-state index contributed by atoms with van der Waals surface area (Å²) in [4.78, 5) is 61.3. The molecule has 0 aliphatic heterocycles. The van der Waals surface area contributed by atoms with Crippen LogP contribution in [0.15, 0.2) is 0 Å². The fourth-order valence-electron chi connectivity index (χ4n) is 4.24. The van der Waals surface area contributed by atoms with Crippen molar-refractivity contribution in [2.45, 2.75) is 143 Å². The van der Waals surface area contributed by atoms with E-state index in [1.165, 1.54) is 45.4 Å². The van der Waals surface area contributed by atoms with Gasteiger partial charge >= 0.3 is 23.9 Å². The number of unbranched alkanes of at least 4 members (excludes halogenated alkanes) is 9. The lowest BCUT2D eigenvalue weighted by Crippen LogP contribution is -2.55. The summed E-state index contributed by atoms with van der Waals surface area (Å²) in [6, 6.07) is 0. The Morgan fingerprint density at radius 3 is 1.62 bits per heavy atom. The van der Waals surface area contributed by atoms with Crippen LogP contribution in [0.2, 0.25) is 0 Å². The van der Waals surface area contributed by atoms with E-state index in [2.05, 4.69) is 6.92 Å². The average molecular weight is 621 g/mol. The van der Waals surface area contributed by atoms with E-state index in [4.69, 9.17) is 28.4 Å². The molecule has 0 bridgehead atoms. The molecule has 11 nitrogen and oxygen atoms in total. The van der Waals surface area contributed by atoms with Gasteiger partial charge in [-0.1, -0.05) is 76.5 Å². The van der Waals surface area contributed by atoms with Gasteiger partial charge in [-0.05, 0) is 20.3 Å². The van der Waals surface area contributed by atoms with Crippen LogP contribution in [-0.4, -0.2) is 78.7 Å². The fraction of sp³-hybridized carbons (Fsp3) is 0.833. The summed E-state index contributed by atoms with van der Waals surface area (Å²) in [5.74, 6) is -2.58. The number of esters is 4. The predicted octanol–water partition coefficient (Wildman–Crippen LogP) is 5.29. The lowest BCUT2D eigenvalue weighted by molar-refractivity contribution is -0.228. The quantitative estimate of drug-likeness (QED) is 0.0599. The molecular formula is C30H52O11S. The highest BCUT2D eigenvalue weighted by molar-refractivity contribution is 8.13. The maximum atomic E-state index is 13.4. The van der Waals surface area contributed by atoms with Crippen molar-refractivity contribution < 1.29 is 52.4 Å². The van der Waals surface area contributed by atoms with Gasteiger partial charge in [0.1, 0.15) is 12.7 Å². The van der Waals surface area contributed by atoms with Gasteiger partial charge in [-0.3, -0.25) is 24.0 Å². The van der Waals surface area contributed by atoms with Crippen LogP contribution in [0.5, 0.6) is 0 Å². The van der Waals surface area contributed by atoms with E-state index in [-0.39, 0.29) is 6.61 Å². The van der Waals surface area contributed by atoms with Gasteiger partial charge in [-0.25, -0.2) is 0 Å². The van der Waals surface area contributed by atoms with Crippen molar-refractivity contribution >= 4 is 40.8 Å². The summed E-state index contributed by atoms with van der Waals surface area (Å²) < 4.78 is 32.6. The topological polar surface area (TPSA) is 141 Å². The first-order valence-corrected chi connectivity index (χ1v) is 16.0. The van der Waals surface area contributed by atoms with Crippen LogP contribution in [0.4, 0.5) is 0 Å². The van der Waals surface area contributed by atoms with Gasteiger partial charge in [0.05, 0.1) is 0 Å². The Kier molecular flexibility index (Phi) is 23.0. The largest absolute Gasteiger partial charge is 0.463 e. The number of ether oxygens (including phenoxy) is 6. The van der Waals surface area contributed by atoms with Crippen molar-refractivity contribution in [3.05, 3.63) is 0 Å². The second-order valence-electron chi connectivity index (χ2n) is 10.0. The molecule has 0 saturated carbocycles. The Hall–Kier alpha value is -2.18. The smallest absolute Gasteiger partial charge is 0.303 e. The van der Waals surface area contributed by atoms with E-state index in [0.29, 0.717) is 5.75 Å². The summed E-state index contributed by atoms with van der Waals surface area (Å²) in [6.45, 7) is 9.91. The Labute approximate surface area is 255 Å². The summed E-state index contributed by atoms with van der Waals surface area (Å²) in [6.07, 6.45) is 4.67. The number of hydrogen-bond donors (Lipinski definition) is 0. The summed E-state index contributed by atoms with van der Waals surface area (Å²) >= 11 is 0.949. The minimum Gasteiger partial charge on any atom is -0.463 e. The molecule has 0 aliphatic rings. The molecular weight excluding hydrogens is 568 g/mol. The molecule has 0 saturated heterocycles. The monoisotopic (exact) mass is 620 g/mol. The normalized spacial score (nSPS) is 14.6. The number of hydrogen-bond acceptors (Lipinski definition) is 12. The molecule has 12 heteroatoms. The third-order valence-electron chi connectivity index (χ3n) is 6.08. The second kappa shape index (κ2) is 24.3. The van der Waals surface area contributed by atoms with Crippen LogP contribution < -0.4 is 0 Å². The van der Waals surface area contributed by atoms with Gasteiger partial charge in [0.25, 0.3) is 0 Å². The molecule has 0 N–H and O–H groups in total. The van der Waals surface area contributed by atoms with Gasteiger partial charge in [0.15, 0.2) is 18.5 Å². The highest BCUT2D eigenvalue weighted by atomic mass is 32.2. The third-order valence-corrected chi connectivity index (χ3v) is 7.09. The van der Waals surface area contributed by atoms with Gasteiger partial charge in [-0.2, -0.15) is 0 Å². The number of carbonyl (C=O) groups excluding carboxylic acids is 5. The average Bonchev–Trinajstić information content (AvgIpc) is 2.90. The van der Waals surface area contributed by atoms with Crippen LogP contribution in [-0.2, 0) is 52.4 Å². The molecule has 5 atom stereocenters. The van der Waals surface area contributed by atoms with Crippen LogP contribution in [0.1, 0.15) is 113 Å². The molecule has 1 unspecified atom stereocenters. The zero-order chi connectivity index (χ0) is 31.9. The van der Waals surface area contributed by atoms with Gasteiger partial charge in [-0.15, -0.1) is 0 Å². The van der Waals surface area contributed by atoms with E-state index in [9.17, 15) is 24.0 Å². The molecule has 0 radical (unpaired) electrons. The lowest BCUT2D eigenvalue weighted by atomic mass is 10.0. The van der Waals surface area contributed by atoms with E-state index >= 15 is 0 Å². The van der Waals surface area contributed by atoms with Crippen molar-refractivity contribution in [2.75, 3.05) is 19.0 Å². The van der Waals surface area contributed by atoms with Crippen LogP contribution >= 0.6 is 11.8 Å². The minimum atomic E-state index is -1.62. The summed E-state index contributed by atoms with van der Waals surface area (Å²) in [5.41, 5.74) is 0. The van der Waals surface area contributed by atoms with Gasteiger partial charge in [0.2, 0.25) is 11.2 Å². The molecule has 0 fully saturated rings. The van der Waals surface area contributed by atoms with Crippen molar-refractivity contribution in [1.82, 2.24) is 0 Å². The molecule has 0 aromatic carbocycles. The highest BCUT2D eigenvalue weighted by Crippen LogP contribution is 2.25. The highest BCUT2D eigenvalue weighted by Gasteiger charge is 2.46. The first-order valence-electron chi connectivity index (χ1n) is 15.0. The minimum absolute atomic E-state index is 0.289. The van der Waals surface area contributed by atoms with E-state index < -0.39 is 66.3 Å². The Bertz CT molecular complexity index is 804. The van der Waals surface area contributed by atoms with Crippen molar-refractivity contribution in [2.24, 2.45) is 0 Å². The van der Waals surface area contributed by atoms with E-state index in [0.717, 1.165) is 58.2 Å². The summed E-state index contributed by atoms with van der Waals surface area (Å²) in [7, 11) is 0. The molecule has 0 spiro atoms. The SMILES string of the molecule is CCCCCCCCCCCCSC(=O)[C@H](OC(C)=O)[C@@H](OC(C)=O)[C@H](OC(C)=O)[C@@H](COC(C)=O)OC(C)OCC. The standard InChI is InChI=1S/C30H52O11S/c1-8-10-11-12-13-14-15-16-17-18-19-42-30(35)29(40-24(6)34)28(39-23(5)33)27(38-22(4)32)26(20-37-21(3)31)41-25(7)36-9-2/h25-29H,8-20H2,1-7H3/t25?,26-,27-,28+,29-/m1/s1. The van der Waals surface area contributed by atoms with Crippen molar-refractivity contribution in [3.8, 4) is 0 Å². The number of rotatable bonds is 24. The molecule has 0 heterocycles. The zero-order valence-electron chi connectivity index (χ0n) is 26.5.